The first-order valence-corrected chi connectivity index (χ1v) is 6.88. The maximum Gasteiger partial charge on any atom is 0.331 e. The molecule has 0 bridgehead atoms. The summed E-state index contributed by atoms with van der Waals surface area (Å²) < 4.78 is 0. The van der Waals surface area contributed by atoms with Gasteiger partial charge in [-0.2, -0.15) is 0 Å². The highest BCUT2D eigenvalue weighted by molar-refractivity contribution is 5.86. The van der Waals surface area contributed by atoms with Crippen molar-refractivity contribution < 1.29 is 15.0 Å². The zero-order valence-corrected chi connectivity index (χ0v) is 11.4. The number of aliphatic hydroxyl groups is 1. The smallest absolute Gasteiger partial charge is 0.331 e. The first-order chi connectivity index (χ1) is 8.23. The number of carboxylic acids is 1. The first-order valence-electron chi connectivity index (χ1n) is 6.88. The second-order valence-corrected chi connectivity index (χ2v) is 6.85. The molecule has 0 heterocycles. The van der Waals surface area contributed by atoms with E-state index in [1.54, 1.807) is 0 Å². The molecule has 2 aliphatic rings. The highest BCUT2D eigenvalue weighted by Crippen LogP contribution is 2.54. The molecule has 4 atom stereocenters. The van der Waals surface area contributed by atoms with Crippen LogP contribution in [0.4, 0.5) is 0 Å². The van der Waals surface area contributed by atoms with Crippen LogP contribution in [0.3, 0.4) is 0 Å². The standard InChI is InChI=1S/C15H24O3/c1-10(13(16)17)11-4-5-14(2)6-7-15(3,18)9-12(14)8-11/h11-12,18H,1,4-9H2,2-3H3,(H,16,17). The van der Waals surface area contributed by atoms with Gasteiger partial charge in [0.25, 0.3) is 0 Å². The van der Waals surface area contributed by atoms with Crippen LogP contribution < -0.4 is 0 Å². The van der Waals surface area contributed by atoms with Crippen molar-refractivity contribution in [3.63, 3.8) is 0 Å². The highest BCUT2D eigenvalue weighted by Gasteiger charge is 2.47. The van der Waals surface area contributed by atoms with E-state index in [2.05, 4.69) is 13.5 Å². The molecule has 0 aromatic heterocycles. The summed E-state index contributed by atoms with van der Waals surface area (Å²) in [6.45, 7) is 7.92. The van der Waals surface area contributed by atoms with Crippen molar-refractivity contribution in [2.24, 2.45) is 17.3 Å². The molecular weight excluding hydrogens is 228 g/mol. The summed E-state index contributed by atoms with van der Waals surface area (Å²) in [7, 11) is 0. The lowest BCUT2D eigenvalue weighted by Gasteiger charge is -2.51. The van der Waals surface area contributed by atoms with Gasteiger partial charge in [0.2, 0.25) is 0 Å². The van der Waals surface area contributed by atoms with Crippen molar-refractivity contribution >= 4 is 5.97 Å². The fourth-order valence-corrected chi connectivity index (χ4v) is 3.79. The van der Waals surface area contributed by atoms with Gasteiger partial charge in [-0.05, 0) is 62.7 Å². The number of fused-ring (bicyclic) bond motifs is 1. The van der Waals surface area contributed by atoms with E-state index in [-0.39, 0.29) is 11.3 Å². The van der Waals surface area contributed by atoms with Crippen LogP contribution in [0.25, 0.3) is 0 Å². The van der Waals surface area contributed by atoms with Gasteiger partial charge in [0.15, 0.2) is 0 Å². The Bertz CT molecular complexity index is 372. The fourth-order valence-electron chi connectivity index (χ4n) is 3.79. The SMILES string of the molecule is C=C(C(=O)O)C1CCC2(C)CCC(C)(O)CC2C1. The number of carboxylic acid groups (broad SMARTS) is 1. The van der Waals surface area contributed by atoms with Crippen molar-refractivity contribution in [2.45, 2.75) is 58.0 Å². The molecule has 2 saturated carbocycles. The summed E-state index contributed by atoms with van der Waals surface area (Å²) in [5.74, 6) is -0.350. The molecule has 0 radical (unpaired) electrons. The summed E-state index contributed by atoms with van der Waals surface area (Å²) in [5, 5.41) is 19.3. The highest BCUT2D eigenvalue weighted by atomic mass is 16.4. The second-order valence-electron chi connectivity index (χ2n) is 6.85. The van der Waals surface area contributed by atoms with E-state index in [4.69, 9.17) is 5.11 Å². The van der Waals surface area contributed by atoms with Gasteiger partial charge in [0.1, 0.15) is 0 Å². The van der Waals surface area contributed by atoms with Gasteiger partial charge in [-0.3, -0.25) is 0 Å². The zero-order valence-electron chi connectivity index (χ0n) is 11.4. The van der Waals surface area contributed by atoms with E-state index in [1.807, 2.05) is 6.92 Å². The summed E-state index contributed by atoms with van der Waals surface area (Å²) in [6, 6.07) is 0. The van der Waals surface area contributed by atoms with Crippen LogP contribution in [-0.2, 0) is 4.79 Å². The van der Waals surface area contributed by atoms with Gasteiger partial charge in [-0.1, -0.05) is 13.5 Å². The van der Waals surface area contributed by atoms with E-state index >= 15 is 0 Å². The molecule has 2 aliphatic carbocycles. The lowest BCUT2D eigenvalue weighted by molar-refractivity contribution is -0.134. The third-order valence-corrected chi connectivity index (χ3v) is 5.31. The van der Waals surface area contributed by atoms with Crippen LogP contribution in [-0.4, -0.2) is 21.8 Å². The molecule has 0 aromatic rings. The predicted octanol–water partition coefficient (Wildman–Crippen LogP) is 2.98. The lowest BCUT2D eigenvalue weighted by atomic mass is 9.55. The molecule has 2 rings (SSSR count). The summed E-state index contributed by atoms with van der Waals surface area (Å²) in [5.41, 5.74) is 0.0657. The first kappa shape index (κ1) is 13.6. The second kappa shape index (κ2) is 4.37. The monoisotopic (exact) mass is 252 g/mol. The fraction of sp³-hybridized carbons (Fsp3) is 0.800. The normalized spacial score (nSPS) is 44.2. The summed E-state index contributed by atoms with van der Waals surface area (Å²) >= 11 is 0. The molecular formula is C15H24O3. The largest absolute Gasteiger partial charge is 0.478 e. The average Bonchev–Trinajstić information content (AvgIpc) is 2.28. The minimum absolute atomic E-state index is 0.0921. The minimum Gasteiger partial charge on any atom is -0.478 e. The molecule has 102 valence electrons. The molecule has 3 nitrogen and oxygen atoms in total. The molecule has 0 saturated heterocycles. The number of hydrogen-bond acceptors (Lipinski definition) is 2. The van der Waals surface area contributed by atoms with Gasteiger partial charge in [0.05, 0.1) is 5.60 Å². The average molecular weight is 252 g/mol. The van der Waals surface area contributed by atoms with Gasteiger partial charge in [-0.15, -0.1) is 0 Å². The maximum absolute atomic E-state index is 11.0. The minimum atomic E-state index is -0.869. The van der Waals surface area contributed by atoms with Crippen LogP contribution in [0.1, 0.15) is 52.4 Å². The van der Waals surface area contributed by atoms with Gasteiger partial charge >= 0.3 is 5.97 Å². The van der Waals surface area contributed by atoms with E-state index in [9.17, 15) is 9.90 Å². The zero-order chi connectivity index (χ0) is 13.6. The van der Waals surface area contributed by atoms with Gasteiger partial charge in [-0.25, -0.2) is 4.79 Å². The molecule has 18 heavy (non-hydrogen) atoms. The Balaban J connectivity index is 2.11. The van der Waals surface area contributed by atoms with E-state index in [0.717, 1.165) is 38.5 Å². The molecule has 0 aromatic carbocycles. The Kier molecular flexibility index (Phi) is 3.30. The summed E-state index contributed by atoms with van der Waals surface area (Å²) in [6.07, 6.45) is 5.58. The predicted molar refractivity (Wildman–Crippen MR) is 70.2 cm³/mol. The molecule has 0 amide bonds. The number of rotatable bonds is 2. The number of carbonyl (C=O) groups is 1. The van der Waals surface area contributed by atoms with Gasteiger partial charge in [0, 0.05) is 5.57 Å². The Morgan fingerprint density at radius 3 is 2.56 bits per heavy atom. The molecule has 2 fully saturated rings. The Hall–Kier alpha value is -0.830. The van der Waals surface area contributed by atoms with Crippen LogP contribution >= 0.6 is 0 Å². The maximum atomic E-state index is 11.0. The number of hydrogen-bond donors (Lipinski definition) is 2. The van der Waals surface area contributed by atoms with Crippen LogP contribution in [0.2, 0.25) is 0 Å². The molecule has 0 spiro atoms. The van der Waals surface area contributed by atoms with Crippen molar-refractivity contribution in [3.8, 4) is 0 Å². The van der Waals surface area contributed by atoms with E-state index in [1.165, 1.54) is 0 Å². The van der Waals surface area contributed by atoms with Crippen molar-refractivity contribution in [2.75, 3.05) is 0 Å². The van der Waals surface area contributed by atoms with E-state index < -0.39 is 11.6 Å². The number of aliphatic carboxylic acids is 1. The molecule has 2 N–H and O–H groups in total. The Labute approximate surface area is 109 Å². The van der Waals surface area contributed by atoms with Crippen LogP contribution in [0.15, 0.2) is 12.2 Å². The molecule has 0 aliphatic heterocycles. The summed E-state index contributed by atoms with van der Waals surface area (Å²) in [4.78, 5) is 11.0. The van der Waals surface area contributed by atoms with E-state index in [0.29, 0.717) is 11.5 Å². The quantitative estimate of drug-likeness (QED) is 0.743. The van der Waals surface area contributed by atoms with Gasteiger partial charge < -0.3 is 10.2 Å². The molecule has 3 heteroatoms. The molecule has 4 unspecified atom stereocenters. The third kappa shape index (κ3) is 2.46. The Morgan fingerprint density at radius 2 is 1.94 bits per heavy atom. The lowest BCUT2D eigenvalue weighted by Crippen LogP contribution is -2.45. The Morgan fingerprint density at radius 1 is 1.28 bits per heavy atom. The van der Waals surface area contributed by atoms with Crippen molar-refractivity contribution in [3.05, 3.63) is 12.2 Å². The van der Waals surface area contributed by atoms with Crippen LogP contribution in [0.5, 0.6) is 0 Å². The van der Waals surface area contributed by atoms with Crippen molar-refractivity contribution in [1.29, 1.82) is 0 Å². The van der Waals surface area contributed by atoms with Crippen LogP contribution in [0, 0.1) is 17.3 Å². The van der Waals surface area contributed by atoms with Crippen molar-refractivity contribution in [1.82, 2.24) is 0 Å². The third-order valence-electron chi connectivity index (χ3n) is 5.31. The topological polar surface area (TPSA) is 57.5 Å².